The molecule has 15 heavy (non-hydrogen) atoms. The number of amides is 1. The first-order chi connectivity index (χ1) is 6.93. The molecule has 5 nitrogen and oxygen atoms in total. The number of hydrogen-bond acceptors (Lipinski definition) is 1. The van der Waals surface area contributed by atoms with Gasteiger partial charge < -0.3 is 16.8 Å². The molecule has 0 heterocycles. The van der Waals surface area contributed by atoms with E-state index in [9.17, 15) is 4.79 Å². The average molecular weight is 209 g/mol. The van der Waals surface area contributed by atoms with Gasteiger partial charge >= 0.3 is 0 Å². The number of allylic oxidation sites excluding steroid dienone is 3. The minimum Gasteiger partial charge on any atom is -0.373 e. The highest BCUT2D eigenvalue weighted by molar-refractivity contribution is 5.86. The van der Waals surface area contributed by atoms with Crippen LogP contribution in [0.15, 0.2) is 23.3 Å². The van der Waals surface area contributed by atoms with Crippen molar-refractivity contribution in [2.24, 2.45) is 5.73 Å². The lowest BCUT2D eigenvalue weighted by Crippen LogP contribution is -2.06. The number of carbonyl (C=O) groups excluding carboxylic acids is 1. The van der Waals surface area contributed by atoms with Gasteiger partial charge in [-0.2, -0.15) is 0 Å². The summed E-state index contributed by atoms with van der Waals surface area (Å²) in [6.07, 6.45) is 5.53. The summed E-state index contributed by atoms with van der Waals surface area (Å²) in [6.45, 7) is 6.05. The molecule has 0 saturated heterocycles. The summed E-state index contributed by atoms with van der Waals surface area (Å²) in [4.78, 5) is 11.9. The third-order valence-electron chi connectivity index (χ3n) is 1.48. The van der Waals surface area contributed by atoms with E-state index in [0.717, 1.165) is 18.4 Å². The molecule has 0 aliphatic heterocycles. The summed E-state index contributed by atoms with van der Waals surface area (Å²) < 4.78 is 0. The van der Waals surface area contributed by atoms with Crippen LogP contribution in [0.3, 0.4) is 0 Å². The molecule has 0 unspecified atom stereocenters. The maximum atomic E-state index is 10.4. The molecule has 0 aliphatic carbocycles. The van der Waals surface area contributed by atoms with Gasteiger partial charge in [0.25, 0.3) is 0 Å². The van der Waals surface area contributed by atoms with Gasteiger partial charge in [0.05, 0.1) is 0 Å². The summed E-state index contributed by atoms with van der Waals surface area (Å²) in [5.41, 5.74) is 20.8. The quantitative estimate of drug-likeness (QED) is 0.248. The molecule has 84 valence electrons. The van der Waals surface area contributed by atoms with Gasteiger partial charge in [-0.25, -0.2) is 0 Å². The van der Waals surface area contributed by atoms with Crippen LogP contribution < -0.4 is 5.73 Å². The minimum absolute atomic E-state index is 0.357. The molecule has 0 aromatic heterocycles. The first kappa shape index (κ1) is 15.7. The van der Waals surface area contributed by atoms with Crippen LogP contribution in [0.1, 0.15) is 33.6 Å². The Bertz CT molecular complexity index is 282. The number of hydrogen-bond donors (Lipinski definition) is 1. The number of primary amides is 1. The standard InChI is InChI=1S/C10H17NO.N3/c1-8(2)5-4-6-9(3)7-10(11)12;1-3-2/h5,7H,4,6H2,1-3H3,(H2,11,12);/q;-1/b9-7-;. The van der Waals surface area contributed by atoms with E-state index >= 15 is 0 Å². The predicted molar refractivity (Wildman–Crippen MR) is 61.7 cm³/mol. The Hall–Kier alpha value is -1.74. The molecule has 0 bridgehead atoms. The van der Waals surface area contributed by atoms with Crippen LogP contribution in [0.5, 0.6) is 0 Å². The molecule has 2 N–H and O–H groups in total. The van der Waals surface area contributed by atoms with Crippen molar-refractivity contribution in [3.8, 4) is 0 Å². The van der Waals surface area contributed by atoms with Gasteiger partial charge in [0.2, 0.25) is 5.91 Å². The van der Waals surface area contributed by atoms with Crippen molar-refractivity contribution in [3.63, 3.8) is 0 Å². The first-order valence-corrected chi connectivity index (χ1v) is 4.52. The van der Waals surface area contributed by atoms with Gasteiger partial charge in [0.1, 0.15) is 0 Å². The van der Waals surface area contributed by atoms with Crippen LogP contribution in [0.2, 0.25) is 0 Å². The molecule has 1 amide bonds. The molecular weight excluding hydrogens is 192 g/mol. The molecule has 0 saturated carbocycles. The van der Waals surface area contributed by atoms with Crippen molar-refractivity contribution in [1.82, 2.24) is 0 Å². The molecule has 0 aliphatic rings. The van der Waals surface area contributed by atoms with Gasteiger partial charge in [-0.15, -0.1) is 0 Å². The Balaban J connectivity index is 0. The van der Waals surface area contributed by atoms with E-state index in [-0.39, 0.29) is 5.91 Å². The normalized spacial score (nSPS) is 9.40. The lowest BCUT2D eigenvalue weighted by atomic mass is 10.1. The largest absolute Gasteiger partial charge is 0.373 e. The minimum atomic E-state index is -0.357. The van der Waals surface area contributed by atoms with Gasteiger partial charge in [0, 0.05) is 6.08 Å². The number of carbonyl (C=O) groups is 1. The summed E-state index contributed by atoms with van der Waals surface area (Å²) >= 11 is 0. The Morgan fingerprint density at radius 3 is 2.13 bits per heavy atom. The molecule has 0 radical (unpaired) electrons. The first-order valence-electron chi connectivity index (χ1n) is 4.52. The molecule has 0 rings (SSSR count). The fourth-order valence-corrected chi connectivity index (χ4v) is 0.904. The third kappa shape index (κ3) is 18.9. The van der Waals surface area contributed by atoms with Crippen molar-refractivity contribution < 1.29 is 4.79 Å². The topological polar surface area (TPSA) is 102 Å². The van der Waals surface area contributed by atoms with E-state index in [1.807, 2.05) is 6.92 Å². The van der Waals surface area contributed by atoms with Crippen molar-refractivity contribution in [3.05, 3.63) is 39.3 Å². The van der Waals surface area contributed by atoms with Gasteiger partial charge in [-0.1, -0.05) is 17.2 Å². The SMILES string of the molecule is CC(C)=CCC/C(C)=C\C(N)=O.[N-]=[N+]=[N-]. The van der Waals surface area contributed by atoms with E-state index in [0.29, 0.717) is 0 Å². The zero-order chi connectivity index (χ0) is 12.3. The van der Waals surface area contributed by atoms with Crippen molar-refractivity contribution in [2.45, 2.75) is 33.6 Å². The Morgan fingerprint density at radius 1 is 1.33 bits per heavy atom. The van der Waals surface area contributed by atoms with E-state index in [1.165, 1.54) is 16.6 Å². The van der Waals surface area contributed by atoms with Crippen molar-refractivity contribution >= 4 is 5.91 Å². The highest BCUT2D eigenvalue weighted by Crippen LogP contribution is 2.05. The number of nitrogens with zero attached hydrogens (tertiary/aromatic N) is 3. The van der Waals surface area contributed by atoms with Crippen LogP contribution in [0.4, 0.5) is 0 Å². The van der Waals surface area contributed by atoms with Crippen LogP contribution in [-0.4, -0.2) is 5.91 Å². The van der Waals surface area contributed by atoms with Gasteiger partial charge in [-0.3, -0.25) is 9.71 Å². The van der Waals surface area contributed by atoms with Crippen molar-refractivity contribution in [1.29, 1.82) is 0 Å². The lowest BCUT2D eigenvalue weighted by molar-refractivity contribution is -0.113. The second kappa shape index (κ2) is 10.3. The molecule has 0 spiro atoms. The highest BCUT2D eigenvalue weighted by atomic mass is 16.1. The molecular formula is C10H17N4O-. The molecule has 0 atom stereocenters. The van der Waals surface area contributed by atoms with Crippen LogP contribution in [0.25, 0.3) is 16.0 Å². The fraction of sp³-hybridized carbons (Fsp3) is 0.500. The lowest BCUT2D eigenvalue weighted by Gasteiger charge is -1.96. The van der Waals surface area contributed by atoms with Crippen molar-refractivity contribution in [2.75, 3.05) is 0 Å². The maximum absolute atomic E-state index is 10.4. The monoisotopic (exact) mass is 209 g/mol. The smallest absolute Gasteiger partial charge is 0.241 e. The van der Waals surface area contributed by atoms with Crippen LogP contribution in [0, 0.1) is 0 Å². The third-order valence-corrected chi connectivity index (χ3v) is 1.48. The predicted octanol–water partition coefficient (Wildman–Crippen LogP) is 3.03. The van der Waals surface area contributed by atoms with Crippen LogP contribution in [-0.2, 0) is 4.79 Å². The summed E-state index contributed by atoms with van der Waals surface area (Å²) in [7, 11) is 0. The average Bonchev–Trinajstić information content (AvgIpc) is 2.02. The second-order valence-electron chi connectivity index (χ2n) is 3.30. The van der Waals surface area contributed by atoms with E-state index in [4.69, 9.17) is 16.8 Å². The fourth-order valence-electron chi connectivity index (χ4n) is 0.904. The van der Waals surface area contributed by atoms with Gasteiger partial charge in [0.15, 0.2) is 0 Å². The Morgan fingerprint density at radius 2 is 1.80 bits per heavy atom. The van der Waals surface area contributed by atoms with Crippen LogP contribution >= 0.6 is 0 Å². The summed E-state index contributed by atoms with van der Waals surface area (Å²) in [6, 6.07) is 0. The zero-order valence-electron chi connectivity index (χ0n) is 9.40. The zero-order valence-corrected chi connectivity index (χ0v) is 9.40. The molecule has 0 aromatic carbocycles. The van der Waals surface area contributed by atoms with E-state index < -0.39 is 0 Å². The number of nitrogens with two attached hydrogens (primary N) is 1. The molecule has 0 fully saturated rings. The van der Waals surface area contributed by atoms with E-state index in [2.05, 4.69) is 19.9 Å². The summed E-state index contributed by atoms with van der Waals surface area (Å²) in [5, 5.41) is 0. The summed E-state index contributed by atoms with van der Waals surface area (Å²) in [5.74, 6) is -0.357. The van der Waals surface area contributed by atoms with Gasteiger partial charge in [-0.05, 0) is 33.6 Å². The number of rotatable bonds is 4. The highest BCUT2D eigenvalue weighted by Gasteiger charge is 1.91. The maximum Gasteiger partial charge on any atom is 0.241 e. The second-order valence-corrected chi connectivity index (χ2v) is 3.30. The molecule has 0 aromatic rings. The molecule has 5 heteroatoms. The Labute approximate surface area is 90.1 Å². The van der Waals surface area contributed by atoms with E-state index in [1.54, 1.807) is 0 Å². The Kier molecular flexibility index (Phi) is 10.8.